The minimum atomic E-state index is -0.301. The van der Waals surface area contributed by atoms with Gasteiger partial charge in [0.2, 0.25) is 0 Å². The number of hydrogen-bond acceptors (Lipinski definition) is 3. The van der Waals surface area contributed by atoms with Crippen LogP contribution >= 0.6 is 0 Å². The number of Topliss-reactive ketones (excluding diaryl/α,β-unsaturated/α-hetero) is 1. The van der Waals surface area contributed by atoms with Crippen molar-refractivity contribution < 1.29 is 9.21 Å². The molecule has 0 saturated heterocycles. The number of rotatable bonds is 3. The Hall–Kier alpha value is -1.09. The Bertz CT molecular complexity index is 228. The maximum absolute atomic E-state index is 11.0. The molecule has 0 saturated carbocycles. The van der Waals surface area contributed by atoms with Gasteiger partial charge in [0.15, 0.2) is 5.78 Å². The number of carbonyl (C=O) groups excluding carboxylic acids is 1. The van der Waals surface area contributed by atoms with Crippen molar-refractivity contribution in [3.05, 3.63) is 24.2 Å². The molecule has 11 heavy (non-hydrogen) atoms. The molecule has 0 amide bonds. The SMILES string of the molecule is CNC(C(C)=O)c1ccco1. The fourth-order valence-corrected chi connectivity index (χ4v) is 1.00. The summed E-state index contributed by atoms with van der Waals surface area (Å²) in [6.07, 6.45) is 1.56. The second-order valence-corrected chi connectivity index (χ2v) is 2.35. The van der Waals surface area contributed by atoms with Gasteiger partial charge in [-0.25, -0.2) is 0 Å². The van der Waals surface area contributed by atoms with Crippen molar-refractivity contribution in [1.29, 1.82) is 0 Å². The molecule has 0 fully saturated rings. The van der Waals surface area contributed by atoms with Crippen LogP contribution in [0.5, 0.6) is 0 Å². The molecule has 1 atom stereocenters. The predicted molar refractivity (Wildman–Crippen MR) is 41.2 cm³/mol. The molecule has 1 unspecified atom stereocenters. The van der Waals surface area contributed by atoms with Gasteiger partial charge in [0.1, 0.15) is 11.8 Å². The number of hydrogen-bond donors (Lipinski definition) is 1. The van der Waals surface area contributed by atoms with Crippen LogP contribution in [-0.4, -0.2) is 12.8 Å². The predicted octanol–water partition coefficient (Wildman–Crippen LogP) is 1.13. The molecular formula is C8H11NO2. The number of furan rings is 1. The Morgan fingerprint density at radius 3 is 2.82 bits per heavy atom. The lowest BCUT2D eigenvalue weighted by Gasteiger charge is -2.07. The molecule has 0 aliphatic rings. The second-order valence-electron chi connectivity index (χ2n) is 2.35. The Kier molecular flexibility index (Phi) is 2.44. The number of carbonyl (C=O) groups is 1. The van der Waals surface area contributed by atoms with Gasteiger partial charge in [-0.3, -0.25) is 4.79 Å². The molecule has 0 aliphatic carbocycles. The molecule has 1 N–H and O–H groups in total. The highest BCUT2D eigenvalue weighted by Gasteiger charge is 2.15. The first kappa shape index (κ1) is 8.01. The molecule has 1 rings (SSSR count). The van der Waals surface area contributed by atoms with E-state index in [0.717, 1.165) is 0 Å². The molecule has 0 aliphatic heterocycles. The quantitative estimate of drug-likeness (QED) is 0.707. The average molecular weight is 153 g/mol. The first-order valence-electron chi connectivity index (χ1n) is 3.47. The molecule has 0 spiro atoms. The lowest BCUT2D eigenvalue weighted by molar-refractivity contribution is -0.119. The smallest absolute Gasteiger partial charge is 0.154 e. The van der Waals surface area contributed by atoms with Gasteiger partial charge in [0, 0.05) is 0 Å². The van der Waals surface area contributed by atoms with Crippen LogP contribution in [0.2, 0.25) is 0 Å². The van der Waals surface area contributed by atoms with Crippen molar-refractivity contribution >= 4 is 5.78 Å². The van der Waals surface area contributed by atoms with Gasteiger partial charge in [-0.1, -0.05) is 0 Å². The van der Waals surface area contributed by atoms with Crippen LogP contribution in [0.25, 0.3) is 0 Å². The largest absolute Gasteiger partial charge is 0.467 e. The summed E-state index contributed by atoms with van der Waals surface area (Å²) in [5, 5.41) is 2.86. The Morgan fingerprint density at radius 1 is 1.73 bits per heavy atom. The third kappa shape index (κ3) is 1.68. The lowest BCUT2D eigenvalue weighted by Crippen LogP contribution is -2.22. The van der Waals surface area contributed by atoms with Gasteiger partial charge in [-0.05, 0) is 26.1 Å². The van der Waals surface area contributed by atoms with Crippen LogP contribution < -0.4 is 5.32 Å². The summed E-state index contributed by atoms with van der Waals surface area (Å²) >= 11 is 0. The molecule has 3 heteroatoms. The molecule has 60 valence electrons. The third-order valence-corrected chi connectivity index (χ3v) is 1.52. The van der Waals surface area contributed by atoms with Gasteiger partial charge in [-0.2, -0.15) is 0 Å². The van der Waals surface area contributed by atoms with E-state index in [1.807, 2.05) is 0 Å². The average Bonchev–Trinajstić information content (AvgIpc) is 2.40. The topological polar surface area (TPSA) is 42.2 Å². The summed E-state index contributed by atoms with van der Waals surface area (Å²) in [7, 11) is 1.73. The van der Waals surface area contributed by atoms with Crippen LogP contribution in [0.3, 0.4) is 0 Å². The van der Waals surface area contributed by atoms with E-state index >= 15 is 0 Å². The van der Waals surface area contributed by atoms with Gasteiger partial charge in [0.25, 0.3) is 0 Å². The number of nitrogens with one attached hydrogen (secondary N) is 1. The Balaban J connectivity index is 2.79. The number of ketones is 1. The Labute approximate surface area is 65.4 Å². The van der Waals surface area contributed by atoms with E-state index in [-0.39, 0.29) is 11.8 Å². The van der Waals surface area contributed by atoms with E-state index in [4.69, 9.17) is 4.42 Å². The zero-order valence-electron chi connectivity index (χ0n) is 6.63. The van der Waals surface area contributed by atoms with Crippen LogP contribution in [-0.2, 0) is 4.79 Å². The zero-order chi connectivity index (χ0) is 8.27. The van der Waals surface area contributed by atoms with Gasteiger partial charge in [-0.15, -0.1) is 0 Å². The molecule has 0 aromatic carbocycles. The highest BCUT2D eigenvalue weighted by Crippen LogP contribution is 2.12. The van der Waals surface area contributed by atoms with E-state index in [2.05, 4.69) is 5.32 Å². The van der Waals surface area contributed by atoms with Crippen LogP contribution in [0, 0.1) is 0 Å². The molecule has 0 bridgehead atoms. The third-order valence-electron chi connectivity index (χ3n) is 1.52. The molecular weight excluding hydrogens is 142 g/mol. The van der Waals surface area contributed by atoms with E-state index < -0.39 is 0 Å². The monoisotopic (exact) mass is 153 g/mol. The van der Waals surface area contributed by atoms with Crippen molar-refractivity contribution in [3.63, 3.8) is 0 Å². The standard InChI is InChI=1S/C8H11NO2/c1-6(10)8(9-2)7-4-3-5-11-7/h3-5,8-9H,1-2H3. The van der Waals surface area contributed by atoms with Crippen LogP contribution in [0.4, 0.5) is 0 Å². The minimum absolute atomic E-state index is 0.0578. The molecule has 0 radical (unpaired) electrons. The van der Waals surface area contributed by atoms with Crippen molar-refractivity contribution in [2.24, 2.45) is 0 Å². The normalized spacial score (nSPS) is 12.9. The highest BCUT2D eigenvalue weighted by molar-refractivity contribution is 5.82. The first-order valence-corrected chi connectivity index (χ1v) is 3.47. The summed E-state index contributed by atoms with van der Waals surface area (Å²) in [5.41, 5.74) is 0. The summed E-state index contributed by atoms with van der Waals surface area (Å²) < 4.78 is 5.06. The van der Waals surface area contributed by atoms with Gasteiger partial charge < -0.3 is 9.73 Å². The van der Waals surface area contributed by atoms with E-state index in [1.165, 1.54) is 6.92 Å². The second kappa shape index (κ2) is 3.34. The lowest BCUT2D eigenvalue weighted by atomic mass is 10.1. The summed E-state index contributed by atoms with van der Waals surface area (Å²) in [6, 6.07) is 3.25. The van der Waals surface area contributed by atoms with Crippen molar-refractivity contribution in [2.75, 3.05) is 7.05 Å². The molecule has 3 nitrogen and oxygen atoms in total. The van der Waals surface area contributed by atoms with Crippen LogP contribution in [0.15, 0.2) is 22.8 Å². The van der Waals surface area contributed by atoms with E-state index in [0.29, 0.717) is 5.76 Å². The van der Waals surface area contributed by atoms with Crippen LogP contribution in [0.1, 0.15) is 18.7 Å². The summed E-state index contributed by atoms with van der Waals surface area (Å²) in [5.74, 6) is 0.724. The van der Waals surface area contributed by atoms with Gasteiger partial charge in [0.05, 0.1) is 6.26 Å². The number of likely N-dealkylation sites (N-methyl/N-ethyl adjacent to an activating group) is 1. The summed E-state index contributed by atoms with van der Waals surface area (Å²) in [6.45, 7) is 1.53. The van der Waals surface area contributed by atoms with Crippen molar-refractivity contribution in [1.82, 2.24) is 5.32 Å². The van der Waals surface area contributed by atoms with Gasteiger partial charge >= 0.3 is 0 Å². The zero-order valence-corrected chi connectivity index (χ0v) is 6.63. The van der Waals surface area contributed by atoms with E-state index in [1.54, 1.807) is 25.4 Å². The fraction of sp³-hybridized carbons (Fsp3) is 0.375. The molecule has 1 aromatic rings. The fourth-order valence-electron chi connectivity index (χ4n) is 1.00. The summed E-state index contributed by atoms with van der Waals surface area (Å²) in [4.78, 5) is 11.0. The van der Waals surface area contributed by atoms with Crippen molar-refractivity contribution in [2.45, 2.75) is 13.0 Å². The molecule has 1 aromatic heterocycles. The molecule has 1 heterocycles. The first-order chi connectivity index (χ1) is 5.25. The highest BCUT2D eigenvalue weighted by atomic mass is 16.3. The Morgan fingerprint density at radius 2 is 2.45 bits per heavy atom. The maximum atomic E-state index is 11.0. The van der Waals surface area contributed by atoms with E-state index in [9.17, 15) is 4.79 Å². The van der Waals surface area contributed by atoms with Crippen molar-refractivity contribution in [3.8, 4) is 0 Å². The maximum Gasteiger partial charge on any atom is 0.154 e. The minimum Gasteiger partial charge on any atom is -0.467 e.